The van der Waals surface area contributed by atoms with E-state index in [2.05, 4.69) is 5.32 Å². The van der Waals surface area contributed by atoms with Gasteiger partial charge in [-0.2, -0.15) is 0 Å². The first kappa shape index (κ1) is 13.1. The van der Waals surface area contributed by atoms with E-state index >= 15 is 0 Å². The van der Waals surface area contributed by atoms with Crippen molar-refractivity contribution in [3.8, 4) is 0 Å². The second-order valence-corrected chi connectivity index (χ2v) is 2.03. The van der Waals surface area contributed by atoms with Crippen LogP contribution in [0, 0.1) is 0 Å². The van der Waals surface area contributed by atoms with Gasteiger partial charge in [0, 0.05) is 0 Å². The molecule has 5 N–H and O–H groups in total. The van der Waals surface area contributed by atoms with Crippen LogP contribution in [0.3, 0.4) is 0 Å². The number of nitrogens with one attached hydrogen (secondary N) is 1. The number of hydrogen-bond acceptors (Lipinski definition) is 3. The summed E-state index contributed by atoms with van der Waals surface area (Å²) < 4.78 is 0. The summed E-state index contributed by atoms with van der Waals surface area (Å²) >= 11 is 0. The zero-order valence-corrected chi connectivity index (χ0v) is 6.90. The van der Waals surface area contributed by atoms with E-state index in [0.29, 0.717) is 0 Å². The topological polar surface area (TPSA) is 64.1 Å². The molecule has 0 unspecified atom stereocenters. The van der Waals surface area contributed by atoms with Crippen LogP contribution in [0.25, 0.3) is 0 Å². The third kappa shape index (κ3) is 11.3. The molecule has 0 saturated carbocycles. The summed E-state index contributed by atoms with van der Waals surface area (Å²) in [5.41, 5.74) is 10.6. The van der Waals surface area contributed by atoms with Crippen molar-refractivity contribution in [2.45, 2.75) is 12.8 Å². The monoisotopic (exact) mass is 139 g/mol. The van der Waals surface area contributed by atoms with E-state index in [0.717, 1.165) is 39.0 Å². The number of rotatable bonds is 6. The zero-order valence-electron chi connectivity index (χ0n) is 7.90. The normalized spacial score (nSPS) is 9.00. The Morgan fingerprint density at radius 3 is 1.70 bits per heavy atom. The summed E-state index contributed by atoms with van der Waals surface area (Å²) in [5.74, 6) is 0. The van der Waals surface area contributed by atoms with Gasteiger partial charge >= 0.3 is 18.9 Å². The molecule has 0 atom stereocenters. The van der Waals surface area contributed by atoms with Crippen molar-refractivity contribution in [2.24, 2.45) is 11.5 Å². The van der Waals surface area contributed by atoms with Gasteiger partial charge in [0.1, 0.15) is 0 Å². The summed E-state index contributed by atoms with van der Waals surface area (Å²) in [7, 11) is 0. The Balaban J connectivity index is -0.000000320. The molecule has 0 aliphatic rings. The van der Waals surface area contributed by atoms with Crippen LogP contribution in [0.15, 0.2) is 0 Å². The molecule has 0 aliphatic carbocycles. The number of hydrogen-bond donors (Lipinski definition) is 3. The third-order valence-corrected chi connectivity index (χ3v) is 1.12. The molecule has 0 bridgehead atoms. The Labute approximate surface area is 76.6 Å². The van der Waals surface area contributed by atoms with E-state index in [1.165, 1.54) is 0 Å². The van der Waals surface area contributed by atoms with Gasteiger partial charge in [0.2, 0.25) is 0 Å². The SMILES string of the molecule is NCCCNCCCN.[H-].[Li+]. The van der Waals surface area contributed by atoms with Crippen LogP contribution in [-0.4, -0.2) is 26.2 Å². The molecule has 58 valence electrons. The summed E-state index contributed by atoms with van der Waals surface area (Å²) in [6.07, 6.45) is 2.12. The minimum absolute atomic E-state index is 0. The molecule has 0 aromatic carbocycles. The van der Waals surface area contributed by atoms with E-state index in [4.69, 9.17) is 11.5 Å². The zero-order chi connectivity index (χ0) is 6.95. The van der Waals surface area contributed by atoms with Crippen molar-refractivity contribution in [1.82, 2.24) is 5.32 Å². The minimum atomic E-state index is 0. The van der Waals surface area contributed by atoms with Crippen LogP contribution in [0.1, 0.15) is 14.3 Å². The second kappa shape index (κ2) is 12.2. The predicted octanol–water partition coefficient (Wildman–Crippen LogP) is -3.61. The molecule has 0 rings (SSSR count). The molecule has 0 aromatic rings. The van der Waals surface area contributed by atoms with E-state index in [1.807, 2.05) is 0 Å². The van der Waals surface area contributed by atoms with Gasteiger partial charge in [0.05, 0.1) is 0 Å². The molecule has 0 heterocycles. The Morgan fingerprint density at radius 1 is 1.00 bits per heavy atom. The third-order valence-electron chi connectivity index (χ3n) is 1.12. The van der Waals surface area contributed by atoms with Crippen LogP contribution in [0.2, 0.25) is 0 Å². The summed E-state index contributed by atoms with van der Waals surface area (Å²) in [4.78, 5) is 0. The van der Waals surface area contributed by atoms with Gasteiger partial charge in [0.25, 0.3) is 0 Å². The first-order valence-corrected chi connectivity index (χ1v) is 3.52. The van der Waals surface area contributed by atoms with Crippen molar-refractivity contribution in [2.75, 3.05) is 26.2 Å². The van der Waals surface area contributed by atoms with Gasteiger partial charge in [-0.1, -0.05) is 0 Å². The molecule has 10 heavy (non-hydrogen) atoms. The summed E-state index contributed by atoms with van der Waals surface area (Å²) in [6, 6.07) is 0. The van der Waals surface area contributed by atoms with Crippen molar-refractivity contribution in [1.29, 1.82) is 0 Å². The fraction of sp³-hybridized carbons (Fsp3) is 1.00. The minimum Gasteiger partial charge on any atom is -1.00 e. The maximum atomic E-state index is 5.28. The summed E-state index contributed by atoms with van der Waals surface area (Å²) in [5, 5.41) is 3.23. The smallest absolute Gasteiger partial charge is 1.00 e. The molecule has 4 heteroatoms. The molecule has 0 aliphatic heterocycles. The Bertz CT molecular complexity index is 51.1. The van der Waals surface area contributed by atoms with Crippen LogP contribution in [0.4, 0.5) is 0 Å². The maximum absolute atomic E-state index is 5.28. The first-order chi connectivity index (χ1) is 4.41. The van der Waals surface area contributed by atoms with Gasteiger partial charge in [-0.25, -0.2) is 0 Å². The van der Waals surface area contributed by atoms with Crippen LogP contribution >= 0.6 is 0 Å². The average molecular weight is 139 g/mol. The molecule has 0 fully saturated rings. The quantitative estimate of drug-likeness (QED) is 0.263. The predicted molar refractivity (Wildman–Crippen MR) is 41.3 cm³/mol. The molecule has 0 spiro atoms. The molecule has 0 amide bonds. The first-order valence-electron chi connectivity index (χ1n) is 3.52. The fourth-order valence-corrected chi connectivity index (χ4v) is 0.579. The van der Waals surface area contributed by atoms with Crippen molar-refractivity contribution < 1.29 is 20.3 Å². The fourth-order valence-electron chi connectivity index (χ4n) is 0.579. The number of nitrogens with two attached hydrogens (primary N) is 2. The van der Waals surface area contributed by atoms with E-state index < -0.39 is 0 Å². The van der Waals surface area contributed by atoms with Crippen LogP contribution < -0.4 is 35.6 Å². The van der Waals surface area contributed by atoms with Gasteiger partial charge in [-0.3, -0.25) is 0 Å². The molecule has 0 radical (unpaired) electrons. The Hall–Kier alpha value is 0.477. The van der Waals surface area contributed by atoms with Gasteiger partial charge in [-0.05, 0) is 39.0 Å². The second-order valence-electron chi connectivity index (χ2n) is 2.03. The van der Waals surface area contributed by atoms with Crippen molar-refractivity contribution in [3.63, 3.8) is 0 Å². The maximum Gasteiger partial charge on any atom is 1.00 e. The Kier molecular flexibility index (Phi) is 16.0. The van der Waals surface area contributed by atoms with E-state index in [9.17, 15) is 0 Å². The van der Waals surface area contributed by atoms with Crippen molar-refractivity contribution in [3.05, 3.63) is 0 Å². The molecule has 3 nitrogen and oxygen atoms in total. The van der Waals surface area contributed by atoms with Crippen LogP contribution in [-0.2, 0) is 0 Å². The average Bonchev–Trinajstić information content (AvgIpc) is 1.89. The molecular formula is C6H18LiN3. The molecule has 0 saturated heterocycles. The van der Waals surface area contributed by atoms with Crippen molar-refractivity contribution >= 4 is 0 Å². The molecule has 0 aromatic heterocycles. The summed E-state index contributed by atoms with van der Waals surface area (Å²) in [6.45, 7) is 3.60. The standard InChI is InChI=1S/C6H17N3.Li.H/c7-3-1-5-9-6-2-4-8;;/h9H,1-8H2;;/q;+1;-1. The Morgan fingerprint density at radius 2 is 1.40 bits per heavy atom. The van der Waals surface area contributed by atoms with Gasteiger partial charge in [0.15, 0.2) is 0 Å². The van der Waals surface area contributed by atoms with Gasteiger partial charge < -0.3 is 18.2 Å². The van der Waals surface area contributed by atoms with Gasteiger partial charge in [-0.15, -0.1) is 0 Å². The molecular weight excluding hydrogens is 121 g/mol. The van der Waals surface area contributed by atoms with E-state index in [1.54, 1.807) is 0 Å². The largest absolute Gasteiger partial charge is 1.00 e. The van der Waals surface area contributed by atoms with E-state index in [-0.39, 0.29) is 20.3 Å². The van der Waals surface area contributed by atoms with Crippen LogP contribution in [0.5, 0.6) is 0 Å².